The molecule has 4 aliphatic carbocycles. The summed E-state index contributed by atoms with van der Waals surface area (Å²) in [6, 6.07) is 0. The fourth-order valence-corrected chi connectivity index (χ4v) is 7.07. The molecule has 1 nitrogen and oxygen atoms in total. The first-order valence-corrected chi connectivity index (χ1v) is 9.95. The van der Waals surface area contributed by atoms with E-state index in [1.165, 1.54) is 51.4 Å². The molecule has 7 atom stereocenters. The Bertz CT molecular complexity index is 428. The van der Waals surface area contributed by atoms with Crippen molar-refractivity contribution >= 4 is 0 Å². The smallest absolute Gasteiger partial charge is 0.0497 e. The van der Waals surface area contributed by atoms with E-state index in [1.54, 1.807) is 0 Å². The van der Waals surface area contributed by atoms with Gasteiger partial charge in [0, 0.05) is 13.2 Å². The number of hydrogen-bond acceptors (Lipinski definition) is 1. The van der Waals surface area contributed by atoms with Gasteiger partial charge in [-0.1, -0.05) is 25.5 Å². The topological polar surface area (TPSA) is 9.23 Å². The number of rotatable bonds is 3. The summed E-state index contributed by atoms with van der Waals surface area (Å²) in [7, 11) is 0. The van der Waals surface area contributed by atoms with E-state index < -0.39 is 0 Å². The molecule has 124 valence electrons. The van der Waals surface area contributed by atoms with Gasteiger partial charge in [-0.25, -0.2) is 0 Å². The van der Waals surface area contributed by atoms with Crippen molar-refractivity contribution in [2.24, 2.45) is 40.9 Å². The Kier molecular flexibility index (Phi) is 4.13. The molecule has 0 saturated heterocycles. The molecule has 0 aromatic rings. The molecular weight excluding hydrogens is 268 g/mol. The molecule has 0 spiro atoms. The molecule has 22 heavy (non-hydrogen) atoms. The van der Waals surface area contributed by atoms with Crippen molar-refractivity contribution in [2.75, 3.05) is 13.2 Å². The normalized spacial score (nSPS) is 50.3. The molecule has 0 bridgehead atoms. The minimum Gasteiger partial charge on any atom is -0.381 e. The monoisotopic (exact) mass is 302 g/mol. The number of fused-ring (bicyclic) bond motifs is 5. The highest BCUT2D eigenvalue weighted by Crippen LogP contribution is 2.63. The van der Waals surface area contributed by atoms with Crippen molar-refractivity contribution in [3.63, 3.8) is 0 Å². The number of ether oxygens (including phenoxy) is 1. The Morgan fingerprint density at radius 1 is 1.09 bits per heavy atom. The van der Waals surface area contributed by atoms with Crippen LogP contribution in [0, 0.1) is 40.9 Å². The zero-order valence-electron chi connectivity index (χ0n) is 14.6. The largest absolute Gasteiger partial charge is 0.381 e. The lowest BCUT2D eigenvalue weighted by Gasteiger charge is -2.57. The van der Waals surface area contributed by atoms with E-state index in [4.69, 9.17) is 4.74 Å². The van der Waals surface area contributed by atoms with Gasteiger partial charge in [-0.2, -0.15) is 0 Å². The van der Waals surface area contributed by atoms with Crippen molar-refractivity contribution < 1.29 is 4.74 Å². The fourth-order valence-electron chi connectivity index (χ4n) is 7.07. The molecule has 3 fully saturated rings. The number of allylic oxidation sites excluding steroid dienone is 2. The maximum absolute atomic E-state index is 5.97. The molecule has 0 heterocycles. The van der Waals surface area contributed by atoms with Crippen molar-refractivity contribution in [3.05, 3.63) is 12.2 Å². The molecule has 0 aromatic heterocycles. The SMILES string of the molecule is CCOCC1CC2CC=CC[C@@H]2[C@H]2CC[C@]3(C)CCC[C@H]3[C@H]12. The van der Waals surface area contributed by atoms with Crippen LogP contribution in [0.5, 0.6) is 0 Å². The maximum atomic E-state index is 5.97. The molecule has 0 radical (unpaired) electrons. The first kappa shape index (κ1) is 15.2. The molecule has 2 unspecified atom stereocenters. The summed E-state index contributed by atoms with van der Waals surface area (Å²) < 4.78 is 5.97. The minimum atomic E-state index is 0.670. The third kappa shape index (κ3) is 2.39. The standard InChI is InChI=1S/C21H34O/c1-3-22-14-16-13-15-7-4-5-8-17(15)18-10-12-21(2)11-6-9-19(21)20(16)18/h4-5,15-20H,3,6-14H2,1-2H3/t15?,16?,17-,18+,19-,20+,21-/m0/s1. The van der Waals surface area contributed by atoms with Gasteiger partial charge in [0.1, 0.15) is 0 Å². The lowest BCUT2D eigenvalue weighted by molar-refractivity contribution is -0.0932. The highest BCUT2D eigenvalue weighted by atomic mass is 16.5. The molecule has 4 aliphatic rings. The van der Waals surface area contributed by atoms with Gasteiger partial charge in [0.15, 0.2) is 0 Å². The van der Waals surface area contributed by atoms with E-state index in [-0.39, 0.29) is 0 Å². The summed E-state index contributed by atoms with van der Waals surface area (Å²) >= 11 is 0. The van der Waals surface area contributed by atoms with Gasteiger partial charge in [-0.3, -0.25) is 0 Å². The first-order valence-electron chi connectivity index (χ1n) is 9.95. The Morgan fingerprint density at radius 3 is 2.82 bits per heavy atom. The van der Waals surface area contributed by atoms with Crippen LogP contribution in [0.15, 0.2) is 12.2 Å². The third-order valence-corrected chi connectivity index (χ3v) is 8.02. The molecule has 3 saturated carbocycles. The van der Waals surface area contributed by atoms with Crippen LogP contribution in [0.1, 0.15) is 65.2 Å². The van der Waals surface area contributed by atoms with Crippen LogP contribution in [0.3, 0.4) is 0 Å². The van der Waals surface area contributed by atoms with Gasteiger partial charge in [0.2, 0.25) is 0 Å². The second kappa shape index (κ2) is 5.96. The average Bonchev–Trinajstić information content (AvgIpc) is 2.94. The van der Waals surface area contributed by atoms with Gasteiger partial charge in [-0.05, 0) is 92.8 Å². The van der Waals surface area contributed by atoms with E-state index in [1.807, 2.05) is 0 Å². The van der Waals surface area contributed by atoms with E-state index >= 15 is 0 Å². The quantitative estimate of drug-likeness (QED) is 0.629. The molecule has 1 heteroatoms. The van der Waals surface area contributed by atoms with Gasteiger partial charge in [-0.15, -0.1) is 0 Å². The second-order valence-corrected chi connectivity index (χ2v) is 8.95. The Hall–Kier alpha value is -0.300. The summed E-state index contributed by atoms with van der Waals surface area (Å²) in [5.74, 6) is 5.79. The van der Waals surface area contributed by atoms with Crippen molar-refractivity contribution in [2.45, 2.75) is 65.2 Å². The lowest BCUT2D eigenvalue weighted by atomic mass is 9.48. The van der Waals surface area contributed by atoms with E-state index in [0.29, 0.717) is 5.41 Å². The zero-order chi connectivity index (χ0) is 15.2. The van der Waals surface area contributed by atoms with E-state index in [0.717, 1.165) is 48.7 Å². The van der Waals surface area contributed by atoms with Crippen molar-refractivity contribution in [3.8, 4) is 0 Å². The van der Waals surface area contributed by atoms with Crippen LogP contribution in [0.2, 0.25) is 0 Å². The molecular formula is C21H34O. The fraction of sp³-hybridized carbons (Fsp3) is 0.905. The highest BCUT2D eigenvalue weighted by Gasteiger charge is 2.55. The Morgan fingerprint density at radius 2 is 1.95 bits per heavy atom. The summed E-state index contributed by atoms with van der Waals surface area (Å²) in [5, 5.41) is 0. The summed E-state index contributed by atoms with van der Waals surface area (Å²) in [4.78, 5) is 0. The minimum absolute atomic E-state index is 0.670. The highest BCUT2D eigenvalue weighted by molar-refractivity contribution is 5.08. The molecule has 0 amide bonds. The summed E-state index contributed by atoms with van der Waals surface area (Å²) in [5.41, 5.74) is 0.670. The van der Waals surface area contributed by atoms with Crippen LogP contribution in [-0.2, 0) is 4.74 Å². The van der Waals surface area contributed by atoms with Crippen molar-refractivity contribution in [1.82, 2.24) is 0 Å². The average molecular weight is 303 g/mol. The molecule has 0 aliphatic heterocycles. The van der Waals surface area contributed by atoms with Crippen LogP contribution in [-0.4, -0.2) is 13.2 Å². The van der Waals surface area contributed by atoms with Gasteiger partial charge in [0.05, 0.1) is 0 Å². The summed E-state index contributed by atoms with van der Waals surface area (Å²) in [6.45, 7) is 6.71. The summed E-state index contributed by atoms with van der Waals surface area (Å²) in [6.07, 6.45) is 16.6. The predicted octanol–water partition coefficient (Wildman–Crippen LogP) is 5.46. The maximum Gasteiger partial charge on any atom is 0.0497 e. The Labute approximate surface area is 136 Å². The van der Waals surface area contributed by atoms with Gasteiger partial charge < -0.3 is 4.74 Å². The second-order valence-electron chi connectivity index (χ2n) is 8.95. The molecule has 0 aromatic carbocycles. The van der Waals surface area contributed by atoms with Crippen LogP contribution >= 0.6 is 0 Å². The van der Waals surface area contributed by atoms with Crippen LogP contribution < -0.4 is 0 Å². The van der Waals surface area contributed by atoms with Gasteiger partial charge in [0.25, 0.3) is 0 Å². The number of hydrogen-bond donors (Lipinski definition) is 0. The lowest BCUT2D eigenvalue weighted by Crippen LogP contribution is -2.51. The van der Waals surface area contributed by atoms with E-state index in [2.05, 4.69) is 26.0 Å². The molecule has 4 rings (SSSR count). The van der Waals surface area contributed by atoms with E-state index in [9.17, 15) is 0 Å². The zero-order valence-corrected chi connectivity index (χ0v) is 14.6. The Balaban J connectivity index is 1.62. The van der Waals surface area contributed by atoms with Crippen LogP contribution in [0.25, 0.3) is 0 Å². The first-order chi connectivity index (χ1) is 10.7. The van der Waals surface area contributed by atoms with Crippen LogP contribution in [0.4, 0.5) is 0 Å². The van der Waals surface area contributed by atoms with Crippen molar-refractivity contribution in [1.29, 1.82) is 0 Å². The van der Waals surface area contributed by atoms with Gasteiger partial charge >= 0.3 is 0 Å². The third-order valence-electron chi connectivity index (χ3n) is 8.02. The molecule has 0 N–H and O–H groups in total. The predicted molar refractivity (Wildman–Crippen MR) is 91.6 cm³/mol.